The Morgan fingerprint density at radius 1 is 1.18 bits per heavy atom. The van der Waals surface area contributed by atoms with E-state index in [2.05, 4.69) is 5.10 Å². The Morgan fingerprint density at radius 3 is 2.43 bits per heavy atom. The molecule has 0 aliphatic carbocycles. The number of piperazine rings is 1. The van der Waals surface area contributed by atoms with Crippen molar-refractivity contribution in [3.8, 4) is 0 Å². The van der Waals surface area contributed by atoms with Gasteiger partial charge in [0.05, 0.1) is 10.6 Å². The topological polar surface area (TPSA) is 75.5 Å². The molecule has 0 atom stereocenters. The van der Waals surface area contributed by atoms with Gasteiger partial charge in [0, 0.05) is 50.6 Å². The lowest BCUT2D eigenvalue weighted by molar-refractivity contribution is -0.127. The molecule has 1 saturated heterocycles. The van der Waals surface area contributed by atoms with Crippen molar-refractivity contribution < 1.29 is 17.6 Å². The predicted molar refractivity (Wildman–Crippen MR) is 103 cm³/mol. The molecule has 9 heteroatoms. The van der Waals surface area contributed by atoms with Gasteiger partial charge >= 0.3 is 0 Å². The van der Waals surface area contributed by atoms with Crippen molar-refractivity contribution in [3.05, 3.63) is 53.1 Å². The maximum atomic E-state index is 13.4. The van der Waals surface area contributed by atoms with Gasteiger partial charge in [-0.3, -0.25) is 9.48 Å². The van der Waals surface area contributed by atoms with Gasteiger partial charge in [-0.1, -0.05) is 6.07 Å². The second-order valence-corrected chi connectivity index (χ2v) is 8.67. The molecule has 2 aromatic rings. The zero-order valence-electron chi connectivity index (χ0n) is 16.1. The largest absolute Gasteiger partial charge is 0.337 e. The summed E-state index contributed by atoms with van der Waals surface area (Å²) in [6, 6.07) is 4.95. The van der Waals surface area contributed by atoms with Crippen LogP contribution in [0.2, 0.25) is 0 Å². The Hall–Kier alpha value is -2.52. The molecule has 28 heavy (non-hydrogen) atoms. The number of aryl methyl sites for hydroxylation is 2. The first kappa shape index (κ1) is 20.2. The fourth-order valence-corrected chi connectivity index (χ4v) is 4.67. The van der Waals surface area contributed by atoms with Crippen LogP contribution in [0.3, 0.4) is 0 Å². The summed E-state index contributed by atoms with van der Waals surface area (Å²) in [5.41, 5.74) is 2.71. The molecule has 1 aromatic carbocycles. The van der Waals surface area contributed by atoms with Gasteiger partial charge in [-0.25, -0.2) is 12.8 Å². The first-order valence-electron chi connectivity index (χ1n) is 8.93. The van der Waals surface area contributed by atoms with Crippen molar-refractivity contribution in [2.24, 2.45) is 7.05 Å². The Labute approximate surface area is 164 Å². The summed E-state index contributed by atoms with van der Waals surface area (Å²) in [4.78, 5) is 14.0. The molecule has 1 fully saturated rings. The molecule has 2 heterocycles. The van der Waals surface area contributed by atoms with E-state index >= 15 is 0 Å². The van der Waals surface area contributed by atoms with Crippen molar-refractivity contribution >= 4 is 22.0 Å². The number of carbonyl (C=O) groups excluding carboxylic acids is 1. The lowest BCUT2D eigenvalue weighted by Crippen LogP contribution is -2.50. The number of hydrogen-bond acceptors (Lipinski definition) is 4. The molecule has 1 aliphatic heterocycles. The summed E-state index contributed by atoms with van der Waals surface area (Å²) >= 11 is 0. The third-order valence-electron chi connectivity index (χ3n) is 4.94. The first-order chi connectivity index (χ1) is 13.2. The zero-order chi connectivity index (χ0) is 20.5. The summed E-state index contributed by atoms with van der Waals surface area (Å²) in [6.45, 7) is 4.71. The Balaban J connectivity index is 1.65. The Bertz CT molecular complexity index is 1020. The molecule has 0 saturated carbocycles. The predicted octanol–water partition coefficient (Wildman–Crippen LogP) is 1.72. The third-order valence-corrected chi connectivity index (χ3v) is 6.84. The summed E-state index contributed by atoms with van der Waals surface area (Å²) in [6.07, 6.45) is 3.24. The van der Waals surface area contributed by atoms with E-state index in [-0.39, 0.29) is 37.0 Å². The molecule has 1 aliphatic rings. The number of sulfonamides is 1. The highest BCUT2D eigenvalue weighted by Gasteiger charge is 2.29. The molecule has 0 bridgehead atoms. The SMILES string of the molecule is Cc1nn(C)c(C)c1C=CC(=O)N1CCN(S(=O)(=O)c2cccc(F)c2)CC1. The van der Waals surface area contributed by atoms with E-state index in [0.29, 0.717) is 0 Å². The zero-order valence-corrected chi connectivity index (χ0v) is 16.9. The van der Waals surface area contributed by atoms with Crippen molar-refractivity contribution in [3.63, 3.8) is 0 Å². The van der Waals surface area contributed by atoms with Crippen LogP contribution in [0.1, 0.15) is 17.0 Å². The monoisotopic (exact) mass is 406 g/mol. The third kappa shape index (κ3) is 4.00. The van der Waals surface area contributed by atoms with E-state index in [4.69, 9.17) is 0 Å². The van der Waals surface area contributed by atoms with Crippen molar-refractivity contribution in [1.29, 1.82) is 0 Å². The van der Waals surface area contributed by atoms with Crippen LogP contribution in [0.4, 0.5) is 4.39 Å². The molecule has 0 radical (unpaired) electrons. The normalized spacial score (nSPS) is 16.1. The van der Waals surface area contributed by atoms with Gasteiger partial charge in [0.25, 0.3) is 0 Å². The molecule has 0 N–H and O–H groups in total. The van der Waals surface area contributed by atoms with E-state index in [1.165, 1.54) is 28.6 Å². The van der Waals surface area contributed by atoms with Crippen LogP contribution in [-0.2, 0) is 21.9 Å². The average molecular weight is 406 g/mol. The van der Waals surface area contributed by atoms with Crippen LogP contribution in [-0.4, -0.2) is 59.5 Å². The van der Waals surface area contributed by atoms with E-state index in [1.807, 2.05) is 20.9 Å². The van der Waals surface area contributed by atoms with Crippen LogP contribution < -0.4 is 0 Å². The van der Waals surface area contributed by atoms with E-state index < -0.39 is 15.8 Å². The number of carbonyl (C=O) groups is 1. The molecular weight excluding hydrogens is 383 g/mol. The molecule has 1 amide bonds. The summed E-state index contributed by atoms with van der Waals surface area (Å²) in [5, 5.41) is 4.31. The highest BCUT2D eigenvalue weighted by atomic mass is 32.2. The van der Waals surface area contributed by atoms with E-state index in [0.717, 1.165) is 23.0 Å². The maximum Gasteiger partial charge on any atom is 0.246 e. The molecule has 150 valence electrons. The van der Waals surface area contributed by atoms with Gasteiger partial charge in [0.2, 0.25) is 15.9 Å². The minimum atomic E-state index is -3.77. The standard InChI is InChI=1S/C19H23FN4O3S/c1-14-18(15(2)22(3)21-14)7-8-19(25)23-9-11-24(12-10-23)28(26,27)17-6-4-5-16(20)13-17/h4-8,13H,9-12H2,1-3H3. The van der Waals surface area contributed by atoms with Crippen LogP contribution in [0, 0.1) is 19.7 Å². The van der Waals surface area contributed by atoms with E-state index in [9.17, 15) is 17.6 Å². The van der Waals surface area contributed by atoms with Gasteiger partial charge < -0.3 is 4.90 Å². The summed E-state index contributed by atoms with van der Waals surface area (Å²) in [5.74, 6) is -0.772. The number of aromatic nitrogens is 2. The van der Waals surface area contributed by atoms with Gasteiger partial charge in [0.15, 0.2) is 0 Å². The lowest BCUT2D eigenvalue weighted by Gasteiger charge is -2.33. The summed E-state index contributed by atoms with van der Waals surface area (Å²) < 4.78 is 41.7. The molecular formula is C19H23FN4O3S. The number of halogens is 1. The molecule has 3 rings (SSSR count). The highest BCUT2D eigenvalue weighted by molar-refractivity contribution is 7.89. The average Bonchev–Trinajstić information content (AvgIpc) is 2.91. The minimum Gasteiger partial charge on any atom is -0.337 e. The summed E-state index contributed by atoms with van der Waals surface area (Å²) in [7, 11) is -1.92. The second-order valence-electron chi connectivity index (χ2n) is 6.73. The van der Waals surface area contributed by atoms with Gasteiger partial charge in [-0.2, -0.15) is 9.40 Å². The Morgan fingerprint density at radius 2 is 1.86 bits per heavy atom. The highest BCUT2D eigenvalue weighted by Crippen LogP contribution is 2.19. The number of nitrogens with zero attached hydrogens (tertiary/aromatic N) is 4. The molecule has 0 spiro atoms. The second kappa shape index (κ2) is 7.84. The Kier molecular flexibility index (Phi) is 5.66. The minimum absolute atomic E-state index is 0.0744. The van der Waals surface area contributed by atoms with Crippen LogP contribution >= 0.6 is 0 Å². The lowest BCUT2D eigenvalue weighted by atomic mass is 10.2. The van der Waals surface area contributed by atoms with Gasteiger partial charge in [-0.15, -0.1) is 0 Å². The van der Waals surface area contributed by atoms with Crippen molar-refractivity contribution in [2.45, 2.75) is 18.7 Å². The molecule has 0 unspecified atom stereocenters. The molecule has 1 aromatic heterocycles. The first-order valence-corrected chi connectivity index (χ1v) is 10.4. The smallest absolute Gasteiger partial charge is 0.246 e. The fraction of sp³-hybridized carbons (Fsp3) is 0.368. The van der Waals surface area contributed by atoms with Crippen LogP contribution in [0.15, 0.2) is 35.2 Å². The van der Waals surface area contributed by atoms with E-state index in [1.54, 1.807) is 15.7 Å². The number of hydrogen-bond donors (Lipinski definition) is 0. The molecule has 7 nitrogen and oxygen atoms in total. The number of amides is 1. The van der Waals surface area contributed by atoms with Crippen molar-refractivity contribution in [1.82, 2.24) is 19.0 Å². The quantitative estimate of drug-likeness (QED) is 0.725. The number of rotatable bonds is 4. The van der Waals surface area contributed by atoms with Gasteiger partial charge in [-0.05, 0) is 38.1 Å². The van der Waals surface area contributed by atoms with Gasteiger partial charge in [0.1, 0.15) is 5.82 Å². The van der Waals surface area contributed by atoms with Crippen LogP contribution in [0.5, 0.6) is 0 Å². The maximum absolute atomic E-state index is 13.4. The number of benzene rings is 1. The van der Waals surface area contributed by atoms with Crippen LogP contribution in [0.25, 0.3) is 6.08 Å². The van der Waals surface area contributed by atoms with Crippen molar-refractivity contribution in [2.75, 3.05) is 26.2 Å². The fourth-order valence-electron chi connectivity index (χ4n) is 3.22.